The van der Waals surface area contributed by atoms with Crippen LogP contribution >= 0.6 is 12.2 Å². The summed E-state index contributed by atoms with van der Waals surface area (Å²) in [5.41, 5.74) is 9.97. The number of thiocarbonyl (C=S) groups is 1. The van der Waals surface area contributed by atoms with Gasteiger partial charge in [0.2, 0.25) is 11.8 Å². The van der Waals surface area contributed by atoms with E-state index < -0.39 is 11.3 Å². The number of hydrogen-bond acceptors (Lipinski definition) is 3. The zero-order chi connectivity index (χ0) is 12.5. The van der Waals surface area contributed by atoms with Crippen molar-refractivity contribution in [2.45, 2.75) is 32.7 Å². The van der Waals surface area contributed by atoms with E-state index in [1.54, 1.807) is 0 Å². The molecule has 2 amide bonds. The van der Waals surface area contributed by atoms with Gasteiger partial charge < -0.3 is 16.4 Å². The molecule has 0 heterocycles. The van der Waals surface area contributed by atoms with Crippen LogP contribution < -0.4 is 11.5 Å². The molecular formula is C10H17N3O2S. The standard InChI is InChI=1S/C10H17N3O2S/c1-6(2)13(5-7(11)14)9(15)10(3-4-10)8(12)16/h6H,3-5H2,1-2H3,(H2,11,14)(H2,12,16). The van der Waals surface area contributed by atoms with Gasteiger partial charge in [0.15, 0.2) is 0 Å². The van der Waals surface area contributed by atoms with Gasteiger partial charge in [-0.15, -0.1) is 0 Å². The predicted octanol–water partition coefficient (Wildman–Crippen LogP) is -0.225. The lowest BCUT2D eigenvalue weighted by Gasteiger charge is -2.29. The molecule has 0 bridgehead atoms. The minimum Gasteiger partial charge on any atom is -0.392 e. The molecule has 4 N–H and O–H groups in total. The van der Waals surface area contributed by atoms with Crippen molar-refractivity contribution in [3.05, 3.63) is 0 Å². The number of carbonyl (C=O) groups excluding carboxylic acids is 2. The SMILES string of the molecule is CC(C)N(CC(N)=O)C(=O)C1(C(N)=S)CC1. The monoisotopic (exact) mass is 243 g/mol. The van der Waals surface area contributed by atoms with Gasteiger partial charge in [0.25, 0.3) is 0 Å². The van der Waals surface area contributed by atoms with Crippen LogP contribution in [0.4, 0.5) is 0 Å². The molecule has 0 aromatic heterocycles. The number of carbonyl (C=O) groups is 2. The lowest BCUT2D eigenvalue weighted by Crippen LogP contribution is -2.49. The van der Waals surface area contributed by atoms with Crippen molar-refractivity contribution in [2.24, 2.45) is 16.9 Å². The Balaban J connectivity index is 2.84. The lowest BCUT2D eigenvalue weighted by atomic mass is 10.0. The highest BCUT2D eigenvalue weighted by atomic mass is 32.1. The van der Waals surface area contributed by atoms with E-state index in [1.165, 1.54) is 4.90 Å². The molecular weight excluding hydrogens is 226 g/mol. The number of amides is 2. The summed E-state index contributed by atoms with van der Waals surface area (Å²) in [6, 6.07) is -0.0909. The van der Waals surface area contributed by atoms with E-state index in [9.17, 15) is 9.59 Å². The maximum Gasteiger partial charge on any atom is 0.237 e. The van der Waals surface area contributed by atoms with Crippen molar-refractivity contribution in [1.29, 1.82) is 0 Å². The summed E-state index contributed by atoms with van der Waals surface area (Å²) >= 11 is 4.90. The number of nitrogens with zero attached hydrogens (tertiary/aromatic N) is 1. The minimum atomic E-state index is -0.713. The third-order valence-corrected chi connectivity index (χ3v) is 3.23. The van der Waals surface area contributed by atoms with Crippen molar-refractivity contribution in [1.82, 2.24) is 4.90 Å². The molecule has 0 aromatic carbocycles. The Kier molecular flexibility index (Phi) is 3.52. The molecule has 0 aliphatic heterocycles. The average molecular weight is 243 g/mol. The maximum absolute atomic E-state index is 12.2. The molecule has 6 heteroatoms. The van der Waals surface area contributed by atoms with Crippen LogP contribution in [0.15, 0.2) is 0 Å². The Labute approximate surface area is 100 Å². The summed E-state index contributed by atoms with van der Waals surface area (Å²) < 4.78 is 0. The zero-order valence-electron chi connectivity index (χ0n) is 9.53. The molecule has 0 radical (unpaired) electrons. The number of rotatable bonds is 5. The normalized spacial score (nSPS) is 16.9. The summed E-state index contributed by atoms with van der Waals surface area (Å²) in [5.74, 6) is -0.699. The molecule has 1 fully saturated rings. The molecule has 0 aromatic rings. The molecule has 1 saturated carbocycles. The molecule has 0 saturated heterocycles. The average Bonchev–Trinajstić information content (AvgIpc) is 2.92. The van der Waals surface area contributed by atoms with Gasteiger partial charge in [0.1, 0.15) is 0 Å². The fourth-order valence-electron chi connectivity index (χ4n) is 1.62. The lowest BCUT2D eigenvalue weighted by molar-refractivity contribution is -0.139. The van der Waals surface area contributed by atoms with Crippen molar-refractivity contribution >= 4 is 29.0 Å². The third-order valence-electron chi connectivity index (χ3n) is 2.84. The van der Waals surface area contributed by atoms with E-state index in [0.29, 0.717) is 12.8 Å². The topological polar surface area (TPSA) is 89.4 Å². The quantitative estimate of drug-likeness (QED) is 0.653. The highest BCUT2D eigenvalue weighted by Crippen LogP contribution is 2.47. The van der Waals surface area contributed by atoms with Crippen LogP contribution in [0, 0.1) is 5.41 Å². The van der Waals surface area contributed by atoms with Crippen molar-refractivity contribution in [2.75, 3.05) is 6.54 Å². The number of hydrogen-bond donors (Lipinski definition) is 2. The summed E-state index contributed by atoms with van der Waals surface area (Å²) in [6.45, 7) is 3.58. The Morgan fingerprint density at radius 2 is 1.88 bits per heavy atom. The van der Waals surface area contributed by atoms with Gasteiger partial charge in [-0.25, -0.2) is 0 Å². The first-order chi connectivity index (χ1) is 7.31. The van der Waals surface area contributed by atoms with E-state index >= 15 is 0 Å². The van der Waals surface area contributed by atoms with Crippen LogP contribution in [0.2, 0.25) is 0 Å². The Morgan fingerprint density at radius 1 is 1.38 bits per heavy atom. The van der Waals surface area contributed by atoms with Crippen LogP contribution in [-0.2, 0) is 9.59 Å². The van der Waals surface area contributed by atoms with Gasteiger partial charge in [-0.05, 0) is 26.7 Å². The van der Waals surface area contributed by atoms with Crippen LogP contribution in [0.1, 0.15) is 26.7 Å². The molecule has 0 unspecified atom stereocenters. The van der Waals surface area contributed by atoms with Crippen LogP contribution in [0.25, 0.3) is 0 Å². The zero-order valence-corrected chi connectivity index (χ0v) is 10.3. The molecule has 1 aliphatic carbocycles. The summed E-state index contributed by atoms with van der Waals surface area (Å²) in [5, 5.41) is 0. The summed E-state index contributed by atoms with van der Waals surface area (Å²) in [6.07, 6.45) is 1.34. The number of nitrogens with two attached hydrogens (primary N) is 2. The molecule has 1 rings (SSSR count). The van der Waals surface area contributed by atoms with Crippen LogP contribution in [-0.4, -0.2) is 34.3 Å². The first kappa shape index (κ1) is 12.9. The second-order valence-corrected chi connectivity index (χ2v) is 4.88. The van der Waals surface area contributed by atoms with Gasteiger partial charge >= 0.3 is 0 Å². The van der Waals surface area contributed by atoms with E-state index in [1.807, 2.05) is 13.8 Å². The van der Waals surface area contributed by atoms with Crippen molar-refractivity contribution in [3.63, 3.8) is 0 Å². The van der Waals surface area contributed by atoms with Gasteiger partial charge in [0, 0.05) is 6.04 Å². The Morgan fingerprint density at radius 3 is 2.12 bits per heavy atom. The predicted molar refractivity (Wildman–Crippen MR) is 64.5 cm³/mol. The fraction of sp³-hybridized carbons (Fsp3) is 0.700. The highest BCUT2D eigenvalue weighted by Gasteiger charge is 2.54. The minimum absolute atomic E-state index is 0.0825. The van der Waals surface area contributed by atoms with E-state index in [4.69, 9.17) is 23.7 Å². The first-order valence-corrected chi connectivity index (χ1v) is 5.61. The summed E-state index contributed by atoms with van der Waals surface area (Å²) in [7, 11) is 0. The van der Waals surface area contributed by atoms with E-state index in [0.717, 1.165) is 0 Å². The fourth-order valence-corrected chi connectivity index (χ4v) is 1.91. The van der Waals surface area contributed by atoms with E-state index in [2.05, 4.69) is 0 Å². The van der Waals surface area contributed by atoms with Crippen molar-refractivity contribution < 1.29 is 9.59 Å². The molecule has 16 heavy (non-hydrogen) atoms. The third kappa shape index (κ3) is 2.32. The van der Waals surface area contributed by atoms with Gasteiger partial charge in [-0.1, -0.05) is 12.2 Å². The van der Waals surface area contributed by atoms with Gasteiger partial charge in [0.05, 0.1) is 16.9 Å². The largest absolute Gasteiger partial charge is 0.392 e. The molecule has 90 valence electrons. The maximum atomic E-state index is 12.2. The second kappa shape index (κ2) is 4.37. The number of primary amides is 1. The van der Waals surface area contributed by atoms with Gasteiger partial charge in [-0.2, -0.15) is 0 Å². The van der Waals surface area contributed by atoms with Gasteiger partial charge in [-0.3, -0.25) is 9.59 Å². The Bertz CT molecular complexity index is 337. The first-order valence-electron chi connectivity index (χ1n) is 5.20. The summed E-state index contributed by atoms with van der Waals surface area (Å²) in [4.78, 5) is 24.8. The molecule has 0 atom stereocenters. The van der Waals surface area contributed by atoms with Crippen LogP contribution in [0.3, 0.4) is 0 Å². The smallest absolute Gasteiger partial charge is 0.237 e. The molecule has 5 nitrogen and oxygen atoms in total. The van der Waals surface area contributed by atoms with Crippen molar-refractivity contribution in [3.8, 4) is 0 Å². The molecule has 1 aliphatic rings. The second-order valence-electron chi connectivity index (χ2n) is 4.44. The van der Waals surface area contributed by atoms with Crippen LogP contribution in [0.5, 0.6) is 0 Å². The van der Waals surface area contributed by atoms with E-state index in [-0.39, 0.29) is 23.5 Å². The molecule has 0 spiro atoms. The highest BCUT2D eigenvalue weighted by molar-refractivity contribution is 7.80. The Hall–Kier alpha value is -1.17.